The van der Waals surface area contributed by atoms with Gasteiger partial charge in [0.25, 0.3) is 0 Å². The summed E-state index contributed by atoms with van der Waals surface area (Å²) in [6, 6.07) is 3.42. The molecular formula is C13H11F2NO2S. The van der Waals surface area contributed by atoms with Gasteiger partial charge in [-0.1, -0.05) is 13.3 Å². The van der Waals surface area contributed by atoms with Gasteiger partial charge >= 0.3 is 5.97 Å². The number of nitrogens with zero attached hydrogens (tertiary/aromatic N) is 1. The van der Waals surface area contributed by atoms with Crippen molar-refractivity contribution in [3.63, 3.8) is 0 Å². The molecule has 2 rings (SSSR count). The first-order valence-electron chi connectivity index (χ1n) is 5.71. The maximum Gasteiger partial charge on any atom is 0.347 e. The summed E-state index contributed by atoms with van der Waals surface area (Å²) in [4.78, 5) is 15.5. The minimum Gasteiger partial charge on any atom is -0.477 e. The Bertz CT molecular complexity index is 625. The smallest absolute Gasteiger partial charge is 0.347 e. The Hall–Kier alpha value is -1.82. The molecule has 0 spiro atoms. The lowest BCUT2D eigenvalue weighted by Crippen LogP contribution is -1.98. The van der Waals surface area contributed by atoms with E-state index in [1.807, 2.05) is 6.92 Å². The fourth-order valence-electron chi connectivity index (χ4n) is 1.68. The molecule has 0 aliphatic carbocycles. The van der Waals surface area contributed by atoms with Crippen molar-refractivity contribution >= 4 is 17.3 Å². The molecule has 0 aliphatic rings. The van der Waals surface area contributed by atoms with E-state index in [9.17, 15) is 13.6 Å². The van der Waals surface area contributed by atoms with Crippen molar-refractivity contribution in [1.29, 1.82) is 0 Å². The zero-order valence-corrected chi connectivity index (χ0v) is 10.9. The van der Waals surface area contributed by atoms with Gasteiger partial charge in [0.15, 0.2) is 11.6 Å². The van der Waals surface area contributed by atoms with E-state index in [2.05, 4.69) is 4.98 Å². The largest absolute Gasteiger partial charge is 0.477 e. The predicted molar refractivity (Wildman–Crippen MR) is 68.4 cm³/mol. The zero-order chi connectivity index (χ0) is 14.0. The van der Waals surface area contributed by atoms with Crippen LogP contribution < -0.4 is 0 Å². The van der Waals surface area contributed by atoms with E-state index in [0.717, 1.165) is 29.9 Å². The van der Waals surface area contributed by atoms with Crippen LogP contribution >= 0.6 is 11.3 Å². The monoisotopic (exact) mass is 283 g/mol. The molecule has 0 amide bonds. The highest BCUT2D eigenvalue weighted by molar-refractivity contribution is 7.17. The Morgan fingerprint density at radius 3 is 2.68 bits per heavy atom. The predicted octanol–water partition coefficient (Wildman–Crippen LogP) is 3.74. The van der Waals surface area contributed by atoms with Crippen LogP contribution in [0.1, 0.15) is 28.7 Å². The standard InChI is InChI=1S/C13H11F2NO2S/c1-2-3-10-11(13(17)18)19-12(16-10)7-4-5-8(14)9(15)6-7/h4-6H,2-3H2,1H3,(H,17,18). The molecule has 1 N–H and O–H groups in total. The highest BCUT2D eigenvalue weighted by Gasteiger charge is 2.18. The molecule has 1 aromatic carbocycles. The van der Waals surface area contributed by atoms with Gasteiger partial charge in [0.05, 0.1) is 5.69 Å². The summed E-state index contributed by atoms with van der Waals surface area (Å²) in [5.41, 5.74) is 0.869. The van der Waals surface area contributed by atoms with Gasteiger partial charge in [-0.3, -0.25) is 0 Å². The van der Waals surface area contributed by atoms with E-state index >= 15 is 0 Å². The average molecular weight is 283 g/mol. The summed E-state index contributed by atoms with van der Waals surface area (Å²) in [6.45, 7) is 1.92. The number of rotatable bonds is 4. The lowest BCUT2D eigenvalue weighted by molar-refractivity contribution is 0.0700. The van der Waals surface area contributed by atoms with Crippen molar-refractivity contribution in [3.8, 4) is 10.6 Å². The van der Waals surface area contributed by atoms with Gasteiger partial charge in [-0.25, -0.2) is 18.6 Å². The Morgan fingerprint density at radius 2 is 2.11 bits per heavy atom. The van der Waals surface area contributed by atoms with Crippen molar-refractivity contribution in [2.75, 3.05) is 0 Å². The van der Waals surface area contributed by atoms with Crippen LogP contribution in [-0.2, 0) is 6.42 Å². The van der Waals surface area contributed by atoms with E-state index in [0.29, 0.717) is 22.7 Å². The molecule has 2 aromatic rings. The van der Waals surface area contributed by atoms with Crippen molar-refractivity contribution in [2.45, 2.75) is 19.8 Å². The summed E-state index contributed by atoms with van der Waals surface area (Å²) in [5, 5.41) is 9.48. The Kier molecular flexibility index (Phi) is 3.90. The lowest BCUT2D eigenvalue weighted by atomic mass is 10.2. The van der Waals surface area contributed by atoms with Crippen molar-refractivity contribution in [2.24, 2.45) is 0 Å². The maximum atomic E-state index is 13.2. The lowest BCUT2D eigenvalue weighted by Gasteiger charge is -1.97. The molecule has 0 saturated heterocycles. The number of halogens is 2. The number of benzene rings is 1. The van der Waals surface area contributed by atoms with Gasteiger partial charge in [0.1, 0.15) is 9.88 Å². The number of aromatic carboxylic acids is 1. The minimum atomic E-state index is -1.05. The van der Waals surface area contributed by atoms with Crippen LogP contribution in [-0.4, -0.2) is 16.1 Å². The summed E-state index contributed by atoms with van der Waals surface area (Å²) in [5.74, 6) is -2.95. The molecular weight excluding hydrogens is 272 g/mol. The van der Waals surface area contributed by atoms with Crippen LogP contribution in [0.2, 0.25) is 0 Å². The number of carboxylic acid groups (broad SMARTS) is 1. The molecule has 1 heterocycles. The number of carboxylic acids is 1. The number of thiazole rings is 1. The van der Waals surface area contributed by atoms with Crippen LogP contribution in [0.3, 0.4) is 0 Å². The quantitative estimate of drug-likeness (QED) is 0.930. The average Bonchev–Trinajstić information content (AvgIpc) is 2.77. The van der Waals surface area contributed by atoms with Gasteiger partial charge in [0.2, 0.25) is 0 Å². The zero-order valence-electron chi connectivity index (χ0n) is 10.1. The molecule has 0 atom stereocenters. The van der Waals surface area contributed by atoms with Gasteiger partial charge in [-0.15, -0.1) is 11.3 Å². The molecule has 3 nitrogen and oxygen atoms in total. The summed E-state index contributed by atoms with van der Waals surface area (Å²) >= 11 is 0.975. The van der Waals surface area contributed by atoms with Crippen LogP contribution in [0.25, 0.3) is 10.6 Å². The van der Waals surface area contributed by atoms with E-state index in [1.165, 1.54) is 6.07 Å². The first kappa shape index (κ1) is 13.6. The fraction of sp³-hybridized carbons (Fsp3) is 0.231. The van der Waals surface area contributed by atoms with Crippen LogP contribution in [0.5, 0.6) is 0 Å². The Morgan fingerprint density at radius 1 is 1.37 bits per heavy atom. The third-order valence-electron chi connectivity index (χ3n) is 2.54. The van der Waals surface area contributed by atoms with E-state index < -0.39 is 17.6 Å². The summed E-state index contributed by atoms with van der Waals surface area (Å²) in [7, 11) is 0. The van der Waals surface area contributed by atoms with Crippen LogP contribution in [0.4, 0.5) is 8.78 Å². The molecule has 0 fully saturated rings. The molecule has 1 aromatic heterocycles. The molecule has 100 valence electrons. The molecule has 19 heavy (non-hydrogen) atoms. The highest BCUT2D eigenvalue weighted by Crippen LogP contribution is 2.29. The molecule has 0 bridgehead atoms. The number of hydrogen-bond donors (Lipinski definition) is 1. The van der Waals surface area contributed by atoms with E-state index in [-0.39, 0.29) is 4.88 Å². The molecule has 0 unspecified atom stereocenters. The first-order valence-corrected chi connectivity index (χ1v) is 6.53. The second-order valence-electron chi connectivity index (χ2n) is 3.98. The van der Waals surface area contributed by atoms with Gasteiger partial charge in [-0.05, 0) is 24.6 Å². The normalized spacial score (nSPS) is 10.7. The minimum absolute atomic E-state index is 0.154. The molecule has 6 heteroatoms. The maximum absolute atomic E-state index is 13.2. The number of aryl methyl sites for hydroxylation is 1. The highest BCUT2D eigenvalue weighted by atomic mass is 32.1. The Labute approximate surface area is 112 Å². The molecule has 0 saturated carbocycles. The van der Waals surface area contributed by atoms with Crippen molar-refractivity contribution in [1.82, 2.24) is 4.98 Å². The first-order chi connectivity index (χ1) is 9.02. The SMILES string of the molecule is CCCc1nc(-c2ccc(F)c(F)c2)sc1C(=O)O. The summed E-state index contributed by atoms with van der Waals surface area (Å²) in [6.07, 6.45) is 1.31. The van der Waals surface area contributed by atoms with E-state index in [1.54, 1.807) is 0 Å². The molecule has 0 radical (unpaired) electrons. The van der Waals surface area contributed by atoms with E-state index in [4.69, 9.17) is 5.11 Å². The number of aromatic nitrogens is 1. The number of hydrogen-bond acceptors (Lipinski definition) is 3. The van der Waals surface area contributed by atoms with Crippen molar-refractivity contribution in [3.05, 3.63) is 40.4 Å². The van der Waals surface area contributed by atoms with Crippen LogP contribution in [0, 0.1) is 11.6 Å². The third-order valence-corrected chi connectivity index (χ3v) is 3.68. The Balaban J connectivity index is 2.47. The van der Waals surface area contributed by atoms with Gasteiger partial charge in [0, 0.05) is 5.56 Å². The van der Waals surface area contributed by atoms with Crippen LogP contribution in [0.15, 0.2) is 18.2 Å². The molecule has 0 aliphatic heterocycles. The fourth-order valence-corrected chi connectivity index (χ4v) is 2.62. The number of carbonyl (C=O) groups is 1. The van der Waals surface area contributed by atoms with Gasteiger partial charge < -0.3 is 5.11 Å². The topological polar surface area (TPSA) is 50.2 Å². The second-order valence-corrected chi connectivity index (χ2v) is 4.98. The summed E-state index contributed by atoms with van der Waals surface area (Å²) < 4.78 is 26.0. The van der Waals surface area contributed by atoms with Gasteiger partial charge in [-0.2, -0.15) is 0 Å². The third kappa shape index (κ3) is 2.78. The van der Waals surface area contributed by atoms with Crippen molar-refractivity contribution < 1.29 is 18.7 Å². The second kappa shape index (κ2) is 5.44.